The van der Waals surface area contributed by atoms with Gasteiger partial charge in [0.1, 0.15) is 15.9 Å². The van der Waals surface area contributed by atoms with Crippen LogP contribution < -0.4 is 0 Å². The second kappa shape index (κ2) is 6.22. The molecule has 0 radical (unpaired) electrons. The second-order valence-corrected chi connectivity index (χ2v) is 9.71. The average molecular weight is 435 g/mol. The van der Waals surface area contributed by atoms with E-state index in [4.69, 9.17) is 11.6 Å². The minimum absolute atomic E-state index is 0.340. The van der Waals surface area contributed by atoms with Gasteiger partial charge in [0, 0.05) is 32.1 Å². The van der Waals surface area contributed by atoms with Gasteiger partial charge in [0.15, 0.2) is 0 Å². The van der Waals surface area contributed by atoms with Crippen molar-refractivity contribution in [1.82, 2.24) is 4.98 Å². The van der Waals surface area contributed by atoms with Crippen LogP contribution in [-0.4, -0.2) is 30.5 Å². The van der Waals surface area contributed by atoms with E-state index in [1.807, 2.05) is 29.6 Å². The van der Waals surface area contributed by atoms with E-state index in [9.17, 15) is 13.5 Å². The molecule has 3 rings (SSSR count). The van der Waals surface area contributed by atoms with Crippen LogP contribution in [0.25, 0.3) is 21.3 Å². The number of sulfone groups is 1. The molecule has 1 aromatic carbocycles. The van der Waals surface area contributed by atoms with Crippen LogP contribution in [-0.2, 0) is 9.84 Å². The van der Waals surface area contributed by atoms with Crippen molar-refractivity contribution in [1.29, 1.82) is 0 Å². The minimum Gasteiger partial charge on any atom is -0.386 e. The number of aliphatic hydroxyl groups is 1. The van der Waals surface area contributed by atoms with E-state index >= 15 is 0 Å². The highest BCUT2D eigenvalue weighted by molar-refractivity contribution is 9.10. The smallest absolute Gasteiger partial charge is 0.150 e. The predicted molar refractivity (Wildman–Crippen MR) is 99.0 cm³/mol. The number of benzene rings is 1. The first-order chi connectivity index (χ1) is 10.8. The van der Waals surface area contributed by atoms with Gasteiger partial charge in [0.2, 0.25) is 0 Å². The highest BCUT2D eigenvalue weighted by Gasteiger charge is 2.23. The summed E-state index contributed by atoms with van der Waals surface area (Å²) in [6.07, 6.45) is -0.0241. The summed E-state index contributed by atoms with van der Waals surface area (Å²) in [7, 11) is -3.31. The fraction of sp³-hybridized carbons (Fsp3) is 0.200. The maximum absolute atomic E-state index is 11.5. The summed E-state index contributed by atoms with van der Waals surface area (Å²) in [5.41, 5.74) is 2.06. The van der Waals surface area contributed by atoms with Crippen LogP contribution in [0.1, 0.15) is 11.8 Å². The van der Waals surface area contributed by atoms with Gasteiger partial charge in [-0.2, -0.15) is 0 Å². The van der Waals surface area contributed by atoms with Crippen molar-refractivity contribution in [3.8, 4) is 10.4 Å². The van der Waals surface area contributed by atoms with Gasteiger partial charge in [0.05, 0.1) is 16.5 Å². The zero-order valence-electron chi connectivity index (χ0n) is 12.0. The van der Waals surface area contributed by atoms with Gasteiger partial charge in [-0.25, -0.2) is 8.42 Å². The van der Waals surface area contributed by atoms with Gasteiger partial charge in [-0.1, -0.05) is 17.7 Å². The quantitative estimate of drug-likeness (QED) is 0.640. The van der Waals surface area contributed by atoms with E-state index in [0.29, 0.717) is 10.7 Å². The van der Waals surface area contributed by atoms with Crippen LogP contribution in [0.3, 0.4) is 0 Å². The molecule has 0 fully saturated rings. The number of fused-ring (bicyclic) bond motifs is 1. The third-order valence-corrected chi connectivity index (χ3v) is 6.44. The first kappa shape index (κ1) is 17.0. The Morgan fingerprint density at radius 2 is 2.17 bits per heavy atom. The van der Waals surface area contributed by atoms with Gasteiger partial charge in [-0.15, -0.1) is 11.3 Å². The Morgan fingerprint density at radius 3 is 2.78 bits per heavy atom. The maximum atomic E-state index is 11.5. The third kappa shape index (κ3) is 3.49. The van der Waals surface area contributed by atoms with Crippen LogP contribution in [0, 0.1) is 0 Å². The lowest BCUT2D eigenvalue weighted by molar-refractivity contribution is 0.198. The summed E-state index contributed by atoms with van der Waals surface area (Å²) in [5, 5.41) is 13.8. The molecular weight excluding hydrogens is 422 g/mol. The Bertz CT molecular complexity index is 964. The fourth-order valence-corrected chi connectivity index (χ4v) is 4.56. The van der Waals surface area contributed by atoms with E-state index in [2.05, 4.69) is 20.9 Å². The van der Waals surface area contributed by atoms with Gasteiger partial charge in [-0.3, -0.25) is 0 Å². The van der Waals surface area contributed by atoms with Crippen LogP contribution in [0.15, 0.2) is 34.1 Å². The van der Waals surface area contributed by atoms with Crippen molar-refractivity contribution in [3.63, 3.8) is 0 Å². The number of H-pyrrole nitrogens is 1. The molecule has 0 amide bonds. The molecule has 0 saturated carbocycles. The molecular formula is C15H13BrClNO3S2. The number of thiophene rings is 1. The number of rotatable bonds is 4. The number of hydrogen-bond donors (Lipinski definition) is 2. The number of hydrogen-bond acceptors (Lipinski definition) is 4. The number of nitrogens with one attached hydrogen (secondary N) is 1. The second-order valence-electron chi connectivity index (χ2n) is 5.31. The number of aromatic nitrogens is 1. The lowest BCUT2D eigenvalue weighted by Gasteiger charge is -2.10. The maximum Gasteiger partial charge on any atom is 0.150 e. The lowest BCUT2D eigenvalue weighted by Crippen LogP contribution is -2.13. The van der Waals surface area contributed by atoms with E-state index in [0.717, 1.165) is 32.1 Å². The molecule has 0 aliphatic heterocycles. The normalized spacial score (nSPS) is 13.6. The molecule has 122 valence electrons. The topological polar surface area (TPSA) is 70.2 Å². The van der Waals surface area contributed by atoms with Crippen molar-refractivity contribution < 1.29 is 13.5 Å². The summed E-state index contributed by atoms with van der Waals surface area (Å²) in [5.74, 6) is -0.340. The van der Waals surface area contributed by atoms with Crippen LogP contribution in [0.5, 0.6) is 0 Å². The van der Waals surface area contributed by atoms with Crippen molar-refractivity contribution in [2.45, 2.75) is 6.10 Å². The van der Waals surface area contributed by atoms with E-state index in [1.165, 1.54) is 11.3 Å². The highest BCUT2D eigenvalue weighted by atomic mass is 79.9. The molecule has 0 spiro atoms. The number of aromatic amines is 1. The standard InChI is InChI=1S/C15H13BrClNO3S2/c1-23(20,21)7-12(19)15-14(13-3-2-4-22-13)8-5-10(17)9(16)6-11(8)18-15/h2-6,12,18-19H,7H2,1H3. The average Bonchev–Trinajstić information content (AvgIpc) is 3.04. The molecule has 8 heteroatoms. The summed E-state index contributed by atoms with van der Waals surface area (Å²) >= 11 is 11.1. The Hall–Kier alpha value is -0.860. The predicted octanol–water partition coefficient (Wildman–Crippen LogP) is 4.39. The van der Waals surface area contributed by atoms with Crippen molar-refractivity contribution >= 4 is 59.6 Å². The van der Waals surface area contributed by atoms with Gasteiger partial charge >= 0.3 is 0 Å². The molecule has 3 aromatic rings. The summed E-state index contributed by atoms with van der Waals surface area (Å²) in [6, 6.07) is 7.47. The first-order valence-electron chi connectivity index (χ1n) is 6.66. The van der Waals surface area contributed by atoms with Crippen LogP contribution >= 0.6 is 38.9 Å². The molecule has 1 unspecified atom stereocenters. The lowest BCUT2D eigenvalue weighted by atomic mass is 10.1. The van der Waals surface area contributed by atoms with Gasteiger partial charge in [0.25, 0.3) is 0 Å². The number of halogens is 2. The SMILES string of the molecule is CS(=O)(=O)CC(O)c1[nH]c2cc(Br)c(Cl)cc2c1-c1cccs1. The minimum atomic E-state index is -3.31. The fourth-order valence-electron chi connectivity index (χ4n) is 2.52. The Labute approximate surface area is 151 Å². The Kier molecular flexibility index (Phi) is 4.59. The molecule has 2 aromatic heterocycles. The Morgan fingerprint density at radius 1 is 1.43 bits per heavy atom. The summed E-state index contributed by atoms with van der Waals surface area (Å²) in [4.78, 5) is 4.09. The van der Waals surface area contributed by atoms with E-state index in [1.54, 1.807) is 0 Å². The van der Waals surface area contributed by atoms with Gasteiger partial charge < -0.3 is 10.1 Å². The molecule has 0 aliphatic carbocycles. The molecule has 2 N–H and O–H groups in total. The molecule has 1 atom stereocenters. The number of aliphatic hydroxyl groups excluding tert-OH is 1. The first-order valence-corrected chi connectivity index (χ1v) is 10.8. The monoisotopic (exact) mass is 433 g/mol. The van der Waals surface area contributed by atoms with Gasteiger partial charge in [-0.05, 0) is 39.5 Å². The molecule has 0 saturated heterocycles. The van der Waals surface area contributed by atoms with Crippen molar-refractivity contribution in [2.24, 2.45) is 0 Å². The van der Waals surface area contributed by atoms with Crippen molar-refractivity contribution in [3.05, 3.63) is 44.8 Å². The summed E-state index contributed by atoms with van der Waals surface area (Å²) in [6.45, 7) is 0. The third-order valence-electron chi connectivity index (χ3n) is 3.43. The van der Waals surface area contributed by atoms with Crippen molar-refractivity contribution in [2.75, 3.05) is 12.0 Å². The molecule has 2 heterocycles. The van der Waals surface area contributed by atoms with Crippen LogP contribution in [0.2, 0.25) is 5.02 Å². The molecule has 0 bridgehead atoms. The largest absolute Gasteiger partial charge is 0.386 e. The zero-order chi connectivity index (χ0) is 16.8. The molecule has 23 heavy (non-hydrogen) atoms. The molecule has 0 aliphatic rings. The zero-order valence-corrected chi connectivity index (χ0v) is 16.0. The van der Waals surface area contributed by atoms with E-state index in [-0.39, 0.29) is 5.75 Å². The Balaban J connectivity index is 2.26. The van der Waals surface area contributed by atoms with E-state index < -0.39 is 15.9 Å². The highest BCUT2D eigenvalue weighted by Crippen LogP contribution is 2.40. The molecule has 4 nitrogen and oxygen atoms in total. The summed E-state index contributed by atoms with van der Waals surface area (Å²) < 4.78 is 23.8. The van der Waals surface area contributed by atoms with Crippen LogP contribution in [0.4, 0.5) is 0 Å².